The van der Waals surface area contributed by atoms with E-state index < -0.39 is 50.6 Å². The maximum Gasteiger partial charge on any atom is 0.416 e. The van der Waals surface area contributed by atoms with Gasteiger partial charge in [-0.05, 0) is 32.0 Å². The van der Waals surface area contributed by atoms with Crippen LogP contribution in [0.1, 0.15) is 19.4 Å². The van der Waals surface area contributed by atoms with Gasteiger partial charge in [-0.1, -0.05) is 6.07 Å². The third-order valence-electron chi connectivity index (χ3n) is 2.88. The molecule has 0 radical (unpaired) electrons. The molecule has 11 heteroatoms. The van der Waals surface area contributed by atoms with Gasteiger partial charge in [-0.15, -0.1) is 0 Å². The van der Waals surface area contributed by atoms with Crippen molar-refractivity contribution in [3.63, 3.8) is 0 Å². The topological polar surface area (TPSA) is 113 Å². The second-order valence-corrected chi connectivity index (χ2v) is 7.10. The van der Waals surface area contributed by atoms with Gasteiger partial charge >= 0.3 is 12.1 Å². The number of hydrogen-bond donors (Lipinski definition) is 3. The van der Waals surface area contributed by atoms with Crippen molar-refractivity contribution in [2.75, 3.05) is 6.54 Å². The van der Waals surface area contributed by atoms with Gasteiger partial charge in [-0.25, -0.2) is 17.9 Å². The van der Waals surface area contributed by atoms with Crippen molar-refractivity contribution in [2.45, 2.75) is 30.5 Å². The van der Waals surface area contributed by atoms with Crippen LogP contribution in [-0.4, -0.2) is 37.5 Å². The van der Waals surface area contributed by atoms with Crippen LogP contribution in [0.4, 0.5) is 13.2 Å². The molecular formula is C13H15F3N2O5S. The third-order valence-corrected chi connectivity index (χ3v) is 4.28. The fourth-order valence-corrected chi connectivity index (χ4v) is 2.56. The van der Waals surface area contributed by atoms with Crippen LogP contribution in [0, 0.1) is 0 Å². The number of carboxylic acid groups (broad SMARTS) is 1. The largest absolute Gasteiger partial charge is 0.480 e. The lowest BCUT2D eigenvalue weighted by Gasteiger charge is -2.21. The van der Waals surface area contributed by atoms with Crippen molar-refractivity contribution in [3.05, 3.63) is 29.8 Å². The Balaban J connectivity index is 2.85. The Morgan fingerprint density at radius 2 is 1.79 bits per heavy atom. The summed E-state index contributed by atoms with van der Waals surface area (Å²) in [5.74, 6) is -2.28. The van der Waals surface area contributed by atoms with Crippen molar-refractivity contribution >= 4 is 21.9 Å². The minimum absolute atomic E-state index is 0.432. The normalized spacial score (nSPS) is 12.7. The van der Waals surface area contributed by atoms with Gasteiger partial charge < -0.3 is 10.4 Å². The summed E-state index contributed by atoms with van der Waals surface area (Å²) in [6.45, 7) is 1.55. The SMILES string of the molecule is CC(C)(NC(=O)CNS(=O)(=O)c1cccc(C(F)(F)F)c1)C(=O)O. The first-order valence-corrected chi connectivity index (χ1v) is 7.95. The Hall–Kier alpha value is -2.14. The second kappa shape index (κ2) is 6.77. The number of carbonyl (C=O) groups excluding carboxylic acids is 1. The zero-order chi connectivity index (χ0) is 18.8. The highest BCUT2D eigenvalue weighted by atomic mass is 32.2. The molecule has 0 aromatic heterocycles. The van der Waals surface area contributed by atoms with Gasteiger partial charge in [0.25, 0.3) is 0 Å². The molecule has 1 aromatic rings. The minimum Gasteiger partial charge on any atom is -0.480 e. The summed E-state index contributed by atoms with van der Waals surface area (Å²) in [5, 5.41) is 10.9. The van der Waals surface area contributed by atoms with Gasteiger partial charge in [-0.2, -0.15) is 13.2 Å². The van der Waals surface area contributed by atoms with Crippen molar-refractivity contribution in [1.82, 2.24) is 10.0 Å². The van der Waals surface area contributed by atoms with E-state index in [0.29, 0.717) is 12.1 Å². The van der Waals surface area contributed by atoms with Gasteiger partial charge in [0, 0.05) is 0 Å². The van der Waals surface area contributed by atoms with Crippen molar-refractivity contribution in [3.8, 4) is 0 Å². The zero-order valence-corrected chi connectivity index (χ0v) is 13.5. The third kappa shape index (κ3) is 5.20. The number of carbonyl (C=O) groups is 2. The number of sulfonamides is 1. The summed E-state index contributed by atoms with van der Waals surface area (Å²) < 4.78 is 63.5. The molecule has 134 valence electrons. The molecule has 24 heavy (non-hydrogen) atoms. The highest BCUT2D eigenvalue weighted by Gasteiger charge is 2.32. The van der Waals surface area contributed by atoms with Crippen LogP contribution in [-0.2, 0) is 25.8 Å². The van der Waals surface area contributed by atoms with E-state index in [1.54, 1.807) is 0 Å². The highest BCUT2D eigenvalue weighted by molar-refractivity contribution is 7.89. The number of aliphatic carboxylic acids is 1. The predicted octanol–water partition coefficient (Wildman–Crippen LogP) is 0.963. The molecule has 7 nitrogen and oxygen atoms in total. The van der Waals surface area contributed by atoms with E-state index in [4.69, 9.17) is 5.11 Å². The first-order chi connectivity index (χ1) is 10.8. The molecular weight excluding hydrogens is 353 g/mol. The van der Waals surface area contributed by atoms with E-state index in [1.165, 1.54) is 13.8 Å². The summed E-state index contributed by atoms with van der Waals surface area (Å²) in [6, 6.07) is 3.00. The molecule has 0 heterocycles. The average Bonchev–Trinajstić information content (AvgIpc) is 2.44. The fraction of sp³-hybridized carbons (Fsp3) is 0.385. The van der Waals surface area contributed by atoms with E-state index in [1.807, 2.05) is 4.72 Å². The molecule has 0 aliphatic rings. The van der Waals surface area contributed by atoms with Gasteiger partial charge in [0.1, 0.15) is 5.54 Å². The smallest absolute Gasteiger partial charge is 0.416 e. The predicted molar refractivity (Wildman–Crippen MR) is 76.5 cm³/mol. The lowest BCUT2D eigenvalue weighted by Crippen LogP contribution is -2.52. The van der Waals surface area contributed by atoms with Gasteiger partial charge in [0.15, 0.2) is 0 Å². The van der Waals surface area contributed by atoms with E-state index in [9.17, 15) is 31.2 Å². The Bertz CT molecular complexity index is 744. The Kier molecular flexibility index (Phi) is 5.62. The van der Waals surface area contributed by atoms with Crippen LogP contribution in [0.25, 0.3) is 0 Å². The van der Waals surface area contributed by atoms with Crippen LogP contribution in [0.15, 0.2) is 29.2 Å². The molecule has 0 aliphatic heterocycles. The van der Waals surface area contributed by atoms with Crippen molar-refractivity contribution < 1.29 is 36.3 Å². The monoisotopic (exact) mass is 368 g/mol. The maximum atomic E-state index is 12.6. The highest BCUT2D eigenvalue weighted by Crippen LogP contribution is 2.30. The van der Waals surface area contributed by atoms with Crippen molar-refractivity contribution in [2.24, 2.45) is 0 Å². The van der Waals surface area contributed by atoms with Gasteiger partial charge in [0.2, 0.25) is 15.9 Å². The molecule has 0 atom stereocenters. The summed E-state index contributed by atoms with van der Waals surface area (Å²) in [5.41, 5.74) is -2.78. The maximum absolute atomic E-state index is 12.6. The molecule has 0 unspecified atom stereocenters. The number of hydrogen-bond acceptors (Lipinski definition) is 4. The molecule has 0 fully saturated rings. The number of benzene rings is 1. The molecule has 0 bridgehead atoms. The number of rotatable bonds is 6. The summed E-state index contributed by atoms with van der Waals surface area (Å²) in [4.78, 5) is 21.8. The first-order valence-electron chi connectivity index (χ1n) is 6.47. The first kappa shape index (κ1) is 19.9. The number of halogens is 3. The van der Waals surface area contributed by atoms with Crippen LogP contribution in [0.2, 0.25) is 0 Å². The zero-order valence-electron chi connectivity index (χ0n) is 12.6. The quantitative estimate of drug-likeness (QED) is 0.692. The average molecular weight is 368 g/mol. The van der Waals surface area contributed by atoms with E-state index in [2.05, 4.69) is 5.32 Å². The van der Waals surface area contributed by atoms with Crippen LogP contribution < -0.4 is 10.0 Å². The Morgan fingerprint density at radius 3 is 2.29 bits per heavy atom. The molecule has 1 rings (SSSR count). The van der Waals surface area contributed by atoms with E-state index in [-0.39, 0.29) is 0 Å². The number of nitrogens with one attached hydrogen (secondary N) is 2. The van der Waals surface area contributed by atoms with Gasteiger partial charge in [0.05, 0.1) is 17.0 Å². The lowest BCUT2D eigenvalue weighted by atomic mass is 10.1. The lowest BCUT2D eigenvalue weighted by molar-refractivity contribution is -0.145. The Labute approximate surface area is 135 Å². The van der Waals surface area contributed by atoms with Crippen LogP contribution in [0.3, 0.4) is 0 Å². The molecule has 0 saturated carbocycles. The van der Waals surface area contributed by atoms with E-state index >= 15 is 0 Å². The molecule has 0 spiro atoms. The number of alkyl halides is 3. The van der Waals surface area contributed by atoms with E-state index in [0.717, 1.165) is 12.1 Å². The molecule has 3 N–H and O–H groups in total. The van der Waals surface area contributed by atoms with Crippen LogP contribution >= 0.6 is 0 Å². The number of carboxylic acids is 1. The minimum atomic E-state index is -4.71. The molecule has 0 saturated heterocycles. The Morgan fingerprint density at radius 1 is 1.21 bits per heavy atom. The summed E-state index contributed by atoms with van der Waals surface area (Å²) in [6.07, 6.45) is -4.71. The van der Waals surface area contributed by atoms with Crippen LogP contribution in [0.5, 0.6) is 0 Å². The van der Waals surface area contributed by atoms with Crippen molar-refractivity contribution in [1.29, 1.82) is 0 Å². The molecule has 1 aromatic carbocycles. The molecule has 1 amide bonds. The molecule has 0 aliphatic carbocycles. The fourth-order valence-electron chi connectivity index (χ4n) is 1.53. The second-order valence-electron chi connectivity index (χ2n) is 5.33. The van der Waals surface area contributed by atoms with Gasteiger partial charge in [-0.3, -0.25) is 4.79 Å². The standard InChI is InChI=1S/C13H15F3N2O5S/c1-12(2,11(20)21)18-10(19)7-17-24(22,23)9-5-3-4-8(6-9)13(14,15)16/h3-6,17H,7H2,1-2H3,(H,18,19)(H,20,21). The summed E-state index contributed by atoms with van der Waals surface area (Å²) >= 11 is 0. The summed E-state index contributed by atoms with van der Waals surface area (Å²) in [7, 11) is -4.37. The number of amides is 1.